The summed E-state index contributed by atoms with van der Waals surface area (Å²) in [6.07, 6.45) is 0. The fourth-order valence-corrected chi connectivity index (χ4v) is 3.29. The van der Waals surface area contributed by atoms with Gasteiger partial charge in [0.05, 0.1) is 24.3 Å². The van der Waals surface area contributed by atoms with E-state index >= 15 is 0 Å². The van der Waals surface area contributed by atoms with Crippen LogP contribution in [0, 0.1) is 11.7 Å². The third-order valence-corrected chi connectivity index (χ3v) is 4.31. The van der Waals surface area contributed by atoms with Crippen LogP contribution in [-0.2, 0) is 4.79 Å². The summed E-state index contributed by atoms with van der Waals surface area (Å²) in [6.45, 7) is 1.91. The molecule has 2 aliphatic heterocycles. The second-order valence-corrected chi connectivity index (χ2v) is 5.76. The van der Waals surface area contributed by atoms with Crippen molar-refractivity contribution in [2.45, 2.75) is 13.0 Å². The Labute approximate surface area is 133 Å². The number of rotatable bonds is 1. The number of amides is 1. The first-order valence-electron chi connectivity index (χ1n) is 7.51. The molecule has 2 heterocycles. The van der Waals surface area contributed by atoms with Gasteiger partial charge in [0, 0.05) is 12.5 Å². The molecule has 4 rings (SSSR count). The molecule has 1 amide bonds. The number of carbonyl (C=O) groups is 1. The number of fused-ring (bicyclic) bond motifs is 3. The fourth-order valence-electron chi connectivity index (χ4n) is 3.29. The van der Waals surface area contributed by atoms with Gasteiger partial charge in [-0.3, -0.25) is 4.79 Å². The molecule has 0 aliphatic carbocycles. The highest BCUT2D eigenvalue weighted by atomic mass is 19.1. The van der Waals surface area contributed by atoms with Gasteiger partial charge in [0.2, 0.25) is 5.91 Å². The van der Waals surface area contributed by atoms with Crippen molar-refractivity contribution in [1.29, 1.82) is 0 Å². The molecule has 116 valence electrons. The van der Waals surface area contributed by atoms with Gasteiger partial charge < -0.3 is 4.74 Å². The molecule has 2 aromatic carbocycles. The molecule has 0 radical (unpaired) electrons. The van der Waals surface area contributed by atoms with Crippen LogP contribution in [0.4, 0.5) is 4.39 Å². The quantitative estimate of drug-likeness (QED) is 0.812. The predicted octanol–water partition coefficient (Wildman–Crippen LogP) is 3.14. The second-order valence-electron chi connectivity index (χ2n) is 5.76. The van der Waals surface area contributed by atoms with Gasteiger partial charge in [-0.15, -0.1) is 0 Å². The van der Waals surface area contributed by atoms with Crippen molar-refractivity contribution in [3.8, 4) is 5.75 Å². The number of hydrazone groups is 1. The fraction of sp³-hybridized carbons (Fsp3) is 0.222. The molecule has 5 heteroatoms. The number of carbonyl (C=O) groups excluding carboxylic acids is 1. The Kier molecular flexibility index (Phi) is 3.15. The van der Waals surface area contributed by atoms with E-state index in [0.29, 0.717) is 17.9 Å². The minimum absolute atomic E-state index is 0.101. The lowest BCUT2D eigenvalue weighted by molar-refractivity contribution is -0.131. The number of ether oxygens (including phenoxy) is 1. The van der Waals surface area contributed by atoms with E-state index in [1.807, 2.05) is 30.3 Å². The lowest BCUT2D eigenvalue weighted by Gasteiger charge is -2.29. The Morgan fingerprint density at radius 3 is 2.78 bits per heavy atom. The monoisotopic (exact) mass is 310 g/mol. The van der Waals surface area contributed by atoms with Crippen LogP contribution >= 0.6 is 0 Å². The minimum Gasteiger partial charge on any atom is -0.492 e. The molecular weight excluding hydrogens is 295 g/mol. The van der Waals surface area contributed by atoms with Gasteiger partial charge in [-0.1, -0.05) is 30.3 Å². The number of hydrogen-bond acceptors (Lipinski definition) is 3. The lowest BCUT2D eigenvalue weighted by Crippen LogP contribution is -2.34. The van der Waals surface area contributed by atoms with Gasteiger partial charge in [-0.2, -0.15) is 5.10 Å². The molecule has 0 saturated carbocycles. The maximum absolute atomic E-state index is 13.6. The van der Waals surface area contributed by atoms with E-state index in [1.54, 1.807) is 6.07 Å². The molecule has 0 fully saturated rings. The Morgan fingerprint density at radius 1 is 1.26 bits per heavy atom. The Hall–Kier alpha value is -2.69. The van der Waals surface area contributed by atoms with Gasteiger partial charge in [-0.05, 0) is 23.8 Å². The molecule has 4 nitrogen and oxygen atoms in total. The number of halogens is 1. The summed E-state index contributed by atoms with van der Waals surface area (Å²) in [7, 11) is 0. The van der Waals surface area contributed by atoms with Gasteiger partial charge in [0.25, 0.3) is 0 Å². The summed E-state index contributed by atoms with van der Waals surface area (Å²) >= 11 is 0. The van der Waals surface area contributed by atoms with Crippen LogP contribution in [0.1, 0.15) is 24.1 Å². The van der Waals surface area contributed by atoms with Crippen molar-refractivity contribution in [3.05, 3.63) is 65.5 Å². The van der Waals surface area contributed by atoms with Crippen LogP contribution in [0.5, 0.6) is 5.75 Å². The normalized spacial score (nSPS) is 22.0. The predicted molar refractivity (Wildman–Crippen MR) is 83.6 cm³/mol. The van der Waals surface area contributed by atoms with Crippen molar-refractivity contribution in [3.63, 3.8) is 0 Å². The summed E-state index contributed by atoms with van der Waals surface area (Å²) in [6, 6.07) is 13.9. The van der Waals surface area contributed by atoms with Gasteiger partial charge in [-0.25, -0.2) is 9.40 Å². The van der Waals surface area contributed by atoms with Crippen molar-refractivity contribution in [1.82, 2.24) is 5.01 Å². The molecule has 0 bridgehead atoms. The van der Waals surface area contributed by atoms with Crippen LogP contribution in [0.15, 0.2) is 53.6 Å². The van der Waals surface area contributed by atoms with E-state index in [9.17, 15) is 9.18 Å². The molecule has 2 atom stereocenters. The molecule has 0 spiro atoms. The maximum atomic E-state index is 13.6. The zero-order valence-corrected chi connectivity index (χ0v) is 12.6. The van der Waals surface area contributed by atoms with Crippen LogP contribution in [0.2, 0.25) is 0 Å². The maximum Gasteiger partial charge on any atom is 0.240 e. The van der Waals surface area contributed by atoms with Gasteiger partial charge in [0.15, 0.2) is 0 Å². The summed E-state index contributed by atoms with van der Waals surface area (Å²) < 4.78 is 19.4. The summed E-state index contributed by atoms with van der Waals surface area (Å²) in [4.78, 5) is 12.1. The SMILES string of the molecule is CC(=O)N1N=C2c3cc(F)ccc3OC[C@H]2[C@H]1c1ccccc1. The molecule has 2 aliphatic rings. The Balaban J connectivity index is 1.83. The molecular formula is C18H15FN2O2. The molecule has 0 unspecified atom stereocenters. The van der Waals surface area contributed by atoms with Gasteiger partial charge >= 0.3 is 0 Å². The highest BCUT2D eigenvalue weighted by Crippen LogP contribution is 2.42. The molecule has 23 heavy (non-hydrogen) atoms. The van der Waals surface area contributed by atoms with Crippen molar-refractivity contribution < 1.29 is 13.9 Å². The molecule has 2 aromatic rings. The number of nitrogens with zero attached hydrogens (tertiary/aromatic N) is 2. The van der Waals surface area contributed by atoms with Gasteiger partial charge in [0.1, 0.15) is 11.6 Å². The first kappa shape index (κ1) is 13.9. The van der Waals surface area contributed by atoms with E-state index in [4.69, 9.17) is 4.74 Å². The smallest absolute Gasteiger partial charge is 0.240 e. The highest BCUT2D eigenvalue weighted by Gasteiger charge is 2.44. The largest absolute Gasteiger partial charge is 0.492 e. The minimum atomic E-state index is -0.340. The summed E-state index contributed by atoms with van der Waals surface area (Å²) in [5, 5.41) is 5.99. The highest BCUT2D eigenvalue weighted by molar-refractivity contribution is 6.07. The summed E-state index contributed by atoms with van der Waals surface area (Å²) in [5.41, 5.74) is 2.34. The Morgan fingerprint density at radius 2 is 2.04 bits per heavy atom. The topological polar surface area (TPSA) is 41.9 Å². The Bertz CT molecular complexity index is 804. The number of benzene rings is 2. The lowest BCUT2D eigenvalue weighted by atomic mass is 9.86. The molecule has 0 saturated heterocycles. The zero-order valence-electron chi connectivity index (χ0n) is 12.6. The number of hydrogen-bond donors (Lipinski definition) is 0. The van der Waals surface area contributed by atoms with Crippen molar-refractivity contribution >= 4 is 11.6 Å². The standard InChI is InChI=1S/C18H15FN2O2/c1-11(22)21-18(12-5-3-2-4-6-12)15-10-23-16-8-7-13(19)9-14(16)17(15)20-21/h2-9,15,18H,10H2,1H3/t15-,18-/m1/s1. The van der Waals surface area contributed by atoms with Crippen LogP contribution in [-0.4, -0.2) is 23.2 Å². The van der Waals surface area contributed by atoms with Crippen LogP contribution in [0.25, 0.3) is 0 Å². The van der Waals surface area contributed by atoms with Crippen LogP contribution < -0.4 is 4.74 Å². The van der Waals surface area contributed by atoms with E-state index < -0.39 is 0 Å². The first-order chi connectivity index (χ1) is 11.1. The van der Waals surface area contributed by atoms with Crippen molar-refractivity contribution in [2.24, 2.45) is 11.0 Å². The molecule has 0 aromatic heterocycles. The average molecular weight is 310 g/mol. The zero-order chi connectivity index (χ0) is 16.0. The van der Waals surface area contributed by atoms with E-state index in [0.717, 1.165) is 11.3 Å². The second kappa shape index (κ2) is 5.19. The average Bonchev–Trinajstić information content (AvgIpc) is 2.96. The summed E-state index contributed by atoms with van der Waals surface area (Å²) in [5.74, 6) is 0.0288. The molecule has 0 N–H and O–H groups in total. The third kappa shape index (κ3) is 2.20. The third-order valence-electron chi connectivity index (χ3n) is 4.31. The van der Waals surface area contributed by atoms with E-state index in [1.165, 1.54) is 24.1 Å². The van der Waals surface area contributed by atoms with Crippen molar-refractivity contribution in [2.75, 3.05) is 6.61 Å². The van der Waals surface area contributed by atoms with E-state index in [-0.39, 0.29) is 23.7 Å². The first-order valence-corrected chi connectivity index (χ1v) is 7.51. The van der Waals surface area contributed by atoms with E-state index in [2.05, 4.69) is 5.10 Å². The van der Waals surface area contributed by atoms with Crippen LogP contribution in [0.3, 0.4) is 0 Å².